The van der Waals surface area contributed by atoms with Crippen LogP contribution in [-0.4, -0.2) is 21.6 Å². The zero-order valence-electron chi connectivity index (χ0n) is 14.4. The fourth-order valence-corrected chi connectivity index (χ4v) is 3.70. The van der Waals surface area contributed by atoms with Gasteiger partial charge < -0.3 is 5.32 Å². The molecule has 0 saturated heterocycles. The number of benzene rings is 1. The number of hydrogen-bond donors (Lipinski definition) is 1. The second-order valence-electron chi connectivity index (χ2n) is 5.94. The highest BCUT2D eigenvalue weighted by atomic mass is 35.5. The largest absolute Gasteiger partial charge is 0.354 e. The first-order valence-electron chi connectivity index (χ1n) is 8.38. The molecule has 0 unspecified atom stereocenters. The predicted octanol–water partition coefficient (Wildman–Crippen LogP) is 2.13. The van der Waals surface area contributed by atoms with Crippen molar-refractivity contribution in [1.29, 1.82) is 0 Å². The van der Waals surface area contributed by atoms with Crippen molar-refractivity contribution in [2.75, 3.05) is 6.54 Å². The molecule has 0 aliphatic carbocycles. The highest BCUT2D eigenvalue weighted by molar-refractivity contribution is 7.16. The van der Waals surface area contributed by atoms with Gasteiger partial charge in [0, 0.05) is 23.7 Å². The predicted molar refractivity (Wildman–Crippen MR) is 107 cm³/mol. The fraction of sp³-hybridized carbons (Fsp3) is 0.211. The van der Waals surface area contributed by atoms with Gasteiger partial charge in [0.15, 0.2) is 0 Å². The quantitative estimate of drug-likeness (QED) is 0.656. The van der Waals surface area contributed by atoms with Crippen LogP contribution in [-0.2, 0) is 24.3 Å². The van der Waals surface area contributed by atoms with E-state index in [1.54, 1.807) is 0 Å². The van der Waals surface area contributed by atoms with Crippen LogP contribution >= 0.6 is 22.9 Å². The Hall–Kier alpha value is -2.64. The summed E-state index contributed by atoms with van der Waals surface area (Å²) < 4.78 is 3.06. The Labute approximate surface area is 164 Å². The third-order valence-corrected chi connectivity index (χ3v) is 5.25. The maximum Gasteiger partial charge on any atom is 0.331 e. The summed E-state index contributed by atoms with van der Waals surface area (Å²) in [4.78, 5) is 37.8. The van der Waals surface area contributed by atoms with Gasteiger partial charge in [0.2, 0.25) is 5.91 Å². The van der Waals surface area contributed by atoms with Gasteiger partial charge in [0.25, 0.3) is 5.56 Å². The van der Waals surface area contributed by atoms with Gasteiger partial charge >= 0.3 is 5.69 Å². The molecular formula is C19H18ClN3O3S. The van der Waals surface area contributed by atoms with Crippen LogP contribution in [0.4, 0.5) is 0 Å². The number of halogens is 1. The van der Waals surface area contributed by atoms with Gasteiger partial charge in [0.1, 0.15) is 6.54 Å². The fourth-order valence-electron chi connectivity index (χ4n) is 2.61. The molecule has 6 nitrogen and oxygen atoms in total. The summed E-state index contributed by atoms with van der Waals surface area (Å²) in [6, 6.07) is 14.4. The van der Waals surface area contributed by atoms with Crippen molar-refractivity contribution < 1.29 is 4.79 Å². The molecule has 2 heterocycles. The molecule has 0 spiro atoms. The van der Waals surface area contributed by atoms with Gasteiger partial charge in [-0.2, -0.15) is 0 Å². The SMILES string of the molecule is O=C(Cn1c(=O)ccn(Cc2ccccc2)c1=O)NCCc1ccc(Cl)s1. The standard InChI is InChI=1S/C19H18ClN3O3S/c20-16-7-6-15(27-16)8-10-21-17(24)13-23-18(25)9-11-22(19(23)26)12-14-4-2-1-3-5-14/h1-7,9,11H,8,10,12-13H2,(H,21,24). The Morgan fingerprint density at radius 2 is 1.85 bits per heavy atom. The number of carbonyl (C=O) groups excluding carboxylic acids is 1. The minimum atomic E-state index is -0.508. The lowest BCUT2D eigenvalue weighted by Crippen LogP contribution is -2.43. The molecule has 0 saturated carbocycles. The van der Waals surface area contributed by atoms with Gasteiger partial charge in [-0.25, -0.2) is 4.79 Å². The number of rotatable bonds is 7. The normalized spacial score (nSPS) is 10.7. The topological polar surface area (TPSA) is 73.1 Å². The summed E-state index contributed by atoms with van der Waals surface area (Å²) in [5.41, 5.74) is -0.0695. The van der Waals surface area contributed by atoms with E-state index in [0.29, 0.717) is 23.8 Å². The van der Waals surface area contributed by atoms with E-state index in [-0.39, 0.29) is 12.5 Å². The number of thiophene rings is 1. The molecule has 2 aromatic heterocycles. The average molecular weight is 404 g/mol. The number of amides is 1. The Balaban J connectivity index is 1.65. The lowest BCUT2D eigenvalue weighted by molar-refractivity contribution is -0.121. The van der Waals surface area contributed by atoms with Gasteiger partial charge in [-0.15, -0.1) is 11.3 Å². The van der Waals surface area contributed by atoms with Gasteiger partial charge in [-0.1, -0.05) is 41.9 Å². The van der Waals surface area contributed by atoms with Gasteiger partial charge in [-0.05, 0) is 24.1 Å². The molecular weight excluding hydrogens is 386 g/mol. The van der Waals surface area contributed by atoms with Crippen LogP contribution < -0.4 is 16.6 Å². The molecule has 1 amide bonds. The highest BCUT2D eigenvalue weighted by Gasteiger charge is 2.10. The van der Waals surface area contributed by atoms with Crippen LogP contribution in [0.25, 0.3) is 0 Å². The van der Waals surface area contributed by atoms with Crippen molar-refractivity contribution in [2.45, 2.75) is 19.5 Å². The van der Waals surface area contributed by atoms with E-state index in [1.165, 1.54) is 28.2 Å². The molecule has 0 bridgehead atoms. The number of aromatic nitrogens is 2. The molecule has 0 aliphatic heterocycles. The summed E-state index contributed by atoms with van der Waals surface area (Å²) in [6.07, 6.45) is 2.09. The second kappa shape index (κ2) is 8.83. The number of carbonyl (C=O) groups is 1. The zero-order valence-corrected chi connectivity index (χ0v) is 16.0. The molecule has 0 fully saturated rings. The zero-order chi connectivity index (χ0) is 19.2. The van der Waals surface area contributed by atoms with E-state index >= 15 is 0 Å². The van der Waals surface area contributed by atoms with Crippen LogP contribution in [0.15, 0.2) is 64.3 Å². The smallest absolute Gasteiger partial charge is 0.331 e. The van der Waals surface area contributed by atoms with Crippen molar-refractivity contribution in [3.8, 4) is 0 Å². The van der Waals surface area contributed by atoms with Crippen molar-refractivity contribution in [2.24, 2.45) is 0 Å². The Kier molecular flexibility index (Phi) is 6.26. The third-order valence-electron chi connectivity index (χ3n) is 3.96. The lowest BCUT2D eigenvalue weighted by Gasteiger charge is -2.10. The van der Waals surface area contributed by atoms with Crippen LogP contribution in [0.5, 0.6) is 0 Å². The average Bonchev–Trinajstić information content (AvgIpc) is 3.07. The summed E-state index contributed by atoms with van der Waals surface area (Å²) in [7, 11) is 0. The summed E-state index contributed by atoms with van der Waals surface area (Å²) in [5, 5.41) is 2.73. The van der Waals surface area contributed by atoms with Crippen molar-refractivity contribution in [1.82, 2.24) is 14.5 Å². The summed E-state index contributed by atoms with van der Waals surface area (Å²) in [5.74, 6) is -0.380. The van der Waals surface area contributed by atoms with E-state index in [1.807, 2.05) is 42.5 Å². The maximum absolute atomic E-state index is 12.6. The van der Waals surface area contributed by atoms with E-state index in [2.05, 4.69) is 5.32 Å². The Morgan fingerprint density at radius 1 is 1.07 bits per heavy atom. The van der Waals surface area contributed by atoms with Crippen molar-refractivity contribution >= 4 is 28.8 Å². The first kappa shape index (κ1) is 19.1. The van der Waals surface area contributed by atoms with E-state index < -0.39 is 11.2 Å². The molecule has 0 aliphatic rings. The van der Waals surface area contributed by atoms with Gasteiger partial charge in [0.05, 0.1) is 10.9 Å². The van der Waals surface area contributed by atoms with Crippen molar-refractivity contribution in [3.05, 3.63) is 90.3 Å². The first-order chi connectivity index (χ1) is 13.0. The highest BCUT2D eigenvalue weighted by Crippen LogP contribution is 2.21. The summed E-state index contributed by atoms with van der Waals surface area (Å²) >= 11 is 7.33. The van der Waals surface area contributed by atoms with Crippen LogP contribution in [0.2, 0.25) is 4.34 Å². The Morgan fingerprint density at radius 3 is 2.56 bits per heavy atom. The first-order valence-corrected chi connectivity index (χ1v) is 9.57. The number of hydrogen-bond acceptors (Lipinski definition) is 4. The summed E-state index contributed by atoms with van der Waals surface area (Å²) in [6.45, 7) is 0.439. The molecule has 1 N–H and O–H groups in total. The number of nitrogens with one attached hydrogen (secondary N) is 1. The molecule has 3 rings (SSSR count). The molecule has 0 radical (unpaired) electrons. The third kappa shape index (κ3) is 5.18. The van der Waals surface area contributed by atoms with Crippen LogP contribution in [0, 0.1) is 0 Å². The molecule has 0 atom stereocenters. The Bertz CT molecular complexity index is 1040. The molecule has 27 heavy (non-hydrogen) atoms. The second-order valence-corrected chi connectivity index (χ2v) is 7.74. The van der Waals surface area contributed by atoms with Gasteiger partial charge in [-0.3, -0.25) is 18.7 Å². The van der Waals surface area contributed by atoms with E-state index in [9.17, 15) is 14.4 Å². The van der Waals surface area contributed by atoms with Crippen LogP contribution in [0.1, 0.15) is 10.4 Å². The molecule has 3 aromatic rings. The van der Waals surface area contributed by atoms with E-state index in [4.69, 9.17) is 11.6 Å². The molecule has 1 aromatic carbocycles. The number of nitrogens with zero attached hydrogens (tertiary/aromatic N) is 2. The molecule has 140 valence electrons. The minimum absolute atomic E-state index is 0.307. The lowest BCUT2D eigenvalue weighted by atomic mass is 10.2. The monoisotopic (exact) mass is 403 g/mol. The molecule has 8 heteroatoms. The minimum Gasteiger partial charge on any atom is -0.354 e. The van der Waals surface area contributed by atoms with Crippen molar-refractivity contribution in [3.63, 3.8) is 0 Å². The maximum atomic E-state index is 12.6. The van der Waals surface area contributed by atoms with E-state index in [0.717, 1.165) is 15.0 Å². The van der Waals surface area contributed by atoms with Crippen LogP contribution in [0.3, 0.4) is 0 Å².